The number of likely N-dealkylation sites (tertiary alicyclic amines) is 1. The fraction of sp³-hybridized carbons (Fsp3) is 0.500. The minimum atomic E-state index is -4.38. The maximum absolute atomic E-state index is 12.6. The summed E-state index contributed by atoms with van der Waals surface area (Å²) in [7, 11) is 0. The van der Waals surface area contributed by atoms with Crippen LogP contribution < -0.4 is 0 Å². The van der Waals surface area contributed by atoms with Crippen LogP contribution in [0, 0.1) is 5.92 Å². The van der Waals surface area contributed by atoms with Crippen LogP contribution in [-0.2, 0) is 12.7 Å². The first kappa shape index (κ1) is 14.3. The van der Waals surface area contributed by atoms with E-state index in [2.05, 4.69) is 9.88 Å². The summed E-state index contributed by atoms with van der Waals surface area (Å²) in [6, 6.07) is 3.30. The molecular formula is C14H15F3N2O2. The largest absolute Gasteiger partial charge is 0.439 e. The summed E-state index contributed by atoms with van der Waals surface area (Å²) >= 11 is 0. The molecule has 21 heavy (non-hydrogen) atoms. The quantitative estimate of drug-likeness (QED) is 0.947. The van der Waals surface area contributed by atoms with Crippen LogP contribution in [0.1, 0.15) is 17.9 Å². The molecule has 0 saturated carbocycles. The molecule has 0 aliphatic carbocycles. The molecule has 1 atom stereocenters. The van der Waals surface area contributed by atoms with Gasteiger partial charge in [-0.15, -0.1) is 0 Å². The maximum atomic E-state index is 12.6. The van der Waals surface area contributed by atoms with E-state index >= 15 is 0 Å². The van der Waals surface area contributed by atoms with Gasteiger partial charge in [-0.2, -0.15) is 13.2 Å². The van der Waals surface area contributed by atoms with Crippen LogP contribution in [0.3, 0.4) is 0 Å². The van der Waals surface area contributed by atoms with E-state index < -0.39 is 11.7 Å². The highest BCUT2D eigenvalue weighted by molar-refractivity contribution is 5.73. The molecule has 1 aliphatic rings. The molecular weight excluding hydrogens is 285 g/mol. The van der Waals surface area contributed by atoms with Crippen molar-refractivity contribution < 1.29 is 22.7 Å². The second-order valence-electron chi connectivity index (χ2n) is 5.36. The number of nitrogens with zero attached hydrogens (tertiary/aromatic N) is 2. The smallest absolute Gasteiger partial charge is 0.416 e. The van der Waals surface area contributed by atoms with E-state index in [1.807, 2.05) is 0 Å². The highest BCUT2D eigenvalue weighted by Gasteiger charge is 2.31. The van der Waals surface area contributed by atoms with Gasteiger partial charge in [0, 0.05) is 13.2 Å². The highest BCUT2D eigenvalue weighted by Crippen LogP contribution is 2.31. The number of aliphatic hydroxyl groups excluding tert-OH is 1. The number of aliphatic hydroxyl groups is 1. The molecule has 4 nitrogen and oxygen atoms in total. The molecule has 1 aromatic heterocycles. The van der Waals surface area contributed by atoms with Gasteiger partial charge in [0.25, 0.3) is 0 Å². The SMILES string of the molecule is OCC1CCN(Cc2nc3cc(C(F)(F)F)ccc3o2)C1. The van der Waals surface area contributed by atoms with Crippen LogP contribution >= 0.6 is 0 Å². The average molecular weight is 300 g/mol. The van der Waals surface area contributed by atoms with Crippen LogP contribution in [0.2, 0.25) is 0 Å². The second-order valence-corrected chi connectivity index (χ2v) is 5.36. The third kappa shape index (κ3) is 3.03. The summed E-state index contributed by atoms with van der Waals surface area (Å²) < 4.78 is 43.4. The van der Waals surface area contributed by atoms with Crippen LogP contribution in [-0.4, -0.2) is 34.7 Å². The van der Waals surface area contributed by atoms with Gasteiger partial charge in [-0.25, -0.2) is 4.98 Å². The van der Waals surface area contributed by atoms with Crippen molar-refractivity contribution in [1.29, 1.82) is 0 Å². The lowest BCUT2D eigenvalue weighted by Crippen LogP contribution is -2.21. The lowest BCUT2D eigenvalue weighted by Gasteiger charge is -2.12. The van der Waals surface area contributed by atoms with E-state index in [1.54, 1.807) is 0 Å². The van der Waals surface area contributed by atoms with Gasteiger partial charge in [0.05, 0.1) is 12.1 Å². The Morgan fingerprint density at radius 3 is 2.86 bits per heavy atom. The van der Waals surface area contributed by atoms with Crippen LogP contribution in [0.25, 0.3) is 11.1 Å². The molecule has 1 aromatic carbocycles. The molecule has 1 unspecified atom stereocenters. The zero-order valence-corrected chi connectivity index (χ0v) is 11.2. The molecule has 0 bridgehead atoms. The summed E-state index contributed by atoms with van der Waals surface area (Å²) in [6.07, 6.45) is -3.47. The number of benzene rings is 1. The molecule has 1 aliphatic heterocycles. The zero-order chi connectivity index (χ0) is 15.0. The summed E-state index contributed by atoms with van der Waals surface area (Å²) in [6.45, 7) is 2.19. The molecule has 0 amide bonds. The fourth-order valence-corrected chi connectivity index (χ4v) is 2.62. The van der Waals surface area contributed by atoms with E-state index in [9.17, 15) is 13.2 Å². The minimum absolute atomic E-state index is 0.152. The first-order chi connectivity index (χ1) is 9.95. The Hall–Kier alpha value is -1.60. The van der Waals surface area contributed by atoms with E-state index in [4.69, 9.17) is 9.52 Å². The van der Waals surface area contributed by atoms with Gasteiger partial charge < -0.3 is 9.52 Å². The Morgan fingerprint density at radius 1 is 1.38 bits per heavy atom. The third-order valence-electron chi connectivity index (χ3n) is 3.75. The molecule has 1 saturated heterocycles. The first-order valence-electron chi connectivity index (χ1n) is 6.75. The van der Waals surface area contributed by atoms with Crippen molar-refractivity contribution in [2.24, 2.45) is 5.92 Å². The Labute approximate surface area is 119 Å². The van der Waals surface area contributed by atoms with Gasteiger partial charge in [0.2, 0.25) is 5.89 Å². The lowest BCUT2D eigenvalue weighted by atomic mass is 10.1. The van der Waals surface area contributed by atoms with Gasteiger partial charge in [0.1, 0.15) is 5.52 Å². The lowest BCUT2D eigenvalue weighted by molar-refractivity contribution is -0.137. The van der Waals surface area contributed by atoms with E-state index in [1.165, 1.54) is 6.07 Å². The van der Waals surface area contributed by atoms with E-state index in [-0.39, 0.29) is 18.0 Å². The predicted molar refractivity (Wildman–Crippen MR) is 69.5 cm³/mol. The summed E-state index contributed by atoms with van der Waals surface area (Å²) in [5, 5.41) is 9.10. The fourth-order valence-electron chi connectivity index (χ4n) is 2.62. The Morgan fingerprint density at radius 2 is 2.19 bits per heavy atom. The molecule has 0 radical (unpaired) electrons. The van der Waals surface area contributed by atoms with Crippen LogP contribution in [0.15, 0.2) is 22.6 Å². The predicted octanol–water partition coefficient (Wildman–Crippen LogP) is 2.66. The van der Waals surface area contributed by atoms with Crippen molar-refractivity contribution in [2.45, 2.75) is 19.1 Å². The highest BCUT2D eigenvalue weighted by atomic mass is 19.4. The number of hydrogen-bond acceptors (Lipinski definition) is 4. The van der Waals surface area contributed by atoms with Gasteiger partial charge in [-0.1, -0.05) is 0 Å². The van der Waals surface area contributed by atoms with Gasteiger partial charge in [-0.05, 0) is 37.1 Å². The molecule has 1 N–H and O–H groups in total. The number of oxazole rings is 1. The van der Waals surface area contributed by atoms with E-state index in [0.717, 1.165) is 31.6 Å². The topological polar surface area (TPSA) is 49.5 Å². The van der Waals surface area contributed by atoms with Gasteiger partial charge in [-0.3, -0.25) is 4.90 Å². The summed E-state index contributed by atoms with van der Waals surface area (Å²) in [4.78, 5) is 6.21. The van der Waals surface area contributed by atoms with E-state index in [0.29, 0.717) is 18.0 Å². The maximum Gasteiger partial charge on any atom is 0.416 e. The third-order valence-corrected chi connectivity index (χ3v) is 3.75. The number of rotatable bonds is 3. The van der Waals surface area contributed by atoms with Crippen LogP contribution in [0.5, 0.6) is 0 Å². The van der Waals surface area contributed by atoms with Gasteiger partial charge >= 0.3 is 6.18 Å². The van der Waals surface area contributed by atoms with Crippen LogP contribution in [0.4, 0.5) is 13.2 Å². The first-order valence-corrected chi connectivity index (χ1v) is 6.75. The number of fused-ring (bicyclic) bond motifs is 1. The molecule has 0 spiro atoms. The van der Waals surface area contributed by atoms with Crippen molar-refractivity contribution in [3.8, 4) is 0 Å². The standard InChI is InChI=1S/C14H15F3N2O2/c15-14(16,17)10-1-2-12-11(5-10)18-13(21-12)7-19-4-3-9(6-19)8-20/h1-2,5,9,20H,3-4,6-8H2. The normalized spacial score (nSPS) is 20.5. The molecule has 7 heteroatoms. The Bertz CT molecular complexity index is 639. The monoisotopic (exact) mass is 300 g/mol. The minimum Gasteiger partial charge on any atom is -0.439 e. The molecule has 3 rings (SSSR count). The van der Waals surface area contributed by atoms with Crippen molar-refractivity contribution in [3.05, 3.63) is 29.7 Å². The number of aromatic nitrogens is 1. The molecule has 114 valence electrons. The summed E-state index contributed by atoms with van der Waals surface area (Å²) in [5.41, 5.74) is -0.148. The Kier molecular flexibility index (Phi) is 3.62. The van der Waals surface area contributed by atoms with Crippen molar-refractivity contribution in [2.75, 3.05) is 19.7 Å². The summed E-state index contributed by atoms with van der Waals surface area (Å²) in [5.74, 6) is 0.661. The average Bonchev–Trinajstić information content (AvgIpc) is 3.02. The number of hydrogen-bond donors (Lipinski definition) is 1. The number of halogens is 3. The zero-order valence-electron chi connectivity index (χ0n) is 11.2. The molecule has 2 aromatic rings. The molecule has 2 heterocycles. The Balaban J connectivity index is 1.78. The van der Waals surface area contributed by atoms with Crippen molar-refractivity contribution in [1.82, 2.24) is 9.88 Å². The second kappa shape index (κ2) is 5.31. The van der Waals surface area contributed by atoms with Crippen molar-refractivity contribution in [3.63, 3.8) is 0 Å². The van der Waals surface area contributed by atoms with Gasteiger partial charge in [0.15, 0.2) is 5.58 Å². The van der Waals surface area contributed by atoms with Crippen molar-refractivity contribution >= 4 is 11.1 Å². The number of alkyl halides is 3. The molecule has 1 fully saturated rings.